The zero-order valence-corrected chi connectivity index (χ0v) is 9.54. The third-order valence-corrected chi connectivity index (χ3v) is 3.54. The maximum atomic E-state index is 13.1. The normalized spacial score (nSPS) is 10.9. The highest BCUT2D eigenvalue weighted by atomic mass is 32.1. The quantitative estimate of drug-likeness (QED) is 0.707. The van der Waals surface area contributed by atoms with Gasteiger partial charge in [0.05, 0.1) is 15.8 Å². The van der Waals surface area contributed by atoms with Gasteiger partial charge in [-0.3, -0.25) is 0 Å². The lowest BCUT2D eigenvalue weighted by Gasteiger charge is -1.98. The summed E-state index contributed by atoms with van der Waals surface area (Å²) in [6.07, 6.45) is 0. The summed E-state index contributed by atoms with van der Waals surface area (Å²) in [6.45, 7) is 0. The molecule has 0 spiro atoms. The summed E-state index contributed by atoms with van der Waals surface area (Å²) in [5, 5.41) is 10.4. The molecule has 1 aromatic heterocycles. The molecule has 1 N–H and O–H groups in total. The summed E-state index contributed by atoms with van der Waals surface area (Å²) < 4.78 is 13.8. The zero-order chi connectivity index (χ0) is 11.8. The molecule has 17 heavy (non-hydrogen) atoms. The Morgan fingerprint density at radius 3 is 2.76 bits per heavy atom. The van der Waals surface area contributed by atoms with E-state index in [1.807, 2.05) is 6.07 Å². The molecule has 2 nitrogen and oxygen atoms in total. The lowest BCUT2D eigenvalue weighted by atomic mass is 10.2. The molecule has 0 atom stereocenters. The minimum absolute atomic E-state index is 0.187. The number of hydrogen-bond acceptors (Lipinski definition) is 3. The van der Waals surface area contributed by atoms with Crippen LogP contribution in [-0.4, -0.2) is 10.1 Å². The molecule has 0 aliphatic carbocycles. The number of thiazole rings is 1. The van der Waals surface area contributed by atoms with Crippen molar-refractivity contribution in [2.75, 3.05) is 0 Å². The van der Waals surface area contributed by atoms with Crippen molar-refractivity contribution in [2.45, 2.75) is 0 Å². The van der Waals surface area contributed by atoms with Crippen LogP contribution in [0.2, 0.25) is 0 Å². The maximum absolute atomic E-state index is 13.1. The Labute approximate surface area is 101 Å². The number of para-hydroxylation sites is 1. The first-order chi connectivity index (χ1) is 8.24. The second-order valence-corrected chi connectivity index (χ2v) is 4.68. The number of aromatic hydroxyl groups is 1. The highest BCUT2D eigenvalue weighted by Gasteiger charge is 2.09. The minimum Gasteiger partial charge on any atom is -0.507 e. The number of fused-ring (bicyclic) bond motifs is 1. The van der Waals surface area contributed by atoms with Crippen molar-refractivity contribution in [2.24, 2.45) is 0 Å². The van der Waals surface area contributed by atoms with Crippen molar-refractivity contribution >= 4 is 21.6 Å². The van der Waals surface area contributed by atoms with Crippen molar-refractivity contribution in [1.82, 2.24) is 4.98 Å². The number of rotatable bonds is 1. The van der Waals surface area contributed by atoms with Gasteiger partial charge in [-0.2, -0.15) is 0 Å². The van der Waals surface area contributed by atoms with Crippen LogP contribution in [-0.2, 0) is 0 Å². The molecule has 0 unspecified atom stereocenters. The number of hydrogen-bond donors (Lipinski definition) is 1. The van der Waals surface area contributed by atoms with Crippen molar-refractivity contribution in [3.63, 3.8) is 0 Å². The summed E-state index contributed by atoms with van der Waals surface area (Å²) in [6, 6.07) is 11.5. The van der Waals surface area contributed by atoms with Gasteiger partial charge in [0.2, 0.25) is 0 Å². The first-order valence-corrected chi connectivity index (χ1v) is 5.90. The minimum atomic E-state index is -0.273. The Balaban J connectivity index is 2.22. The predicted octanol–water partition coefficient (Wildman–Crippen LogP) is 3.81. The monoisotopic (exact) mass is 245 g/mol. The number of halogens is 1. The molecular formula is C13H8FNOS. The van der Waals surface area contributed by atoms with E-state index in [-0.39, 0.29) is 11.6 Å². The fraction of sp³-hybridized carbons (Fsp3) is 0. The molecule has 0 aliphatic rings. The highest BCUT2D eigenvalue weighted by molar-refractivity contribution is 7.21. The van der Waals surface area contributed by atoms with Gasteiger partial charge in [-0.05, 0) is 30.3 Å². The van der Waals surface area contributed by atoms with Crippen LogP contribution in [0.15, 0.2) is 42.5 Å². The topological polar surface area (TPSA) is 33.1 Å². The van der Waals surface area contributed by atoms with Crippen molar-refractivity contribution < 1.29 is 9.50 Å². The van der Waals surface area contributed by atoms with E-state index in [2.05, 4.69) is 4.98 Å². The molecule has 0 radical (unpaired) electrons. The van der Waals surface area contributed by atoms with E-state index in [1.165, 1.54) is 23.5 Å². The van der Waals surface area contributed by atoms with Crippen LogP contribution in [0, 0.1) is 5.82 Å². The van der Waals surface area contributed by atoms with Crippen LogP contribution >= 0.6 is 11.3 Å². The summed E-state index contributed by atoms with van der Waals surface area (Å²) in [5.41, 5.74) is 1.42. The summed E-state index contributed by atoms with van der Waals surface area (Å²) in [4.78, 5) is 4.38. The maximum Gasteiger partial charge on any atom is 0.128 e. The fourth-order valence-electron chi connectivity index (χ4n) is 1.67. The van der Waals surface area contributed by atoms with Gasteiger partial charge in [-0.1, -0.05) is 12.1 Å². The second-order valence-electron chi connectivity index (χ2n) is 3.65. The van der Waals surface area contributed by atoms with Gasteiger partial charge >= 0.3 is 0 Å². The Bertz CT molecular complexity index is 693. The predicted molar refractivity (Wildman–Crippen MR) is 66.7 cm³/mol. The summed E-state index contributed by atoms with van der Waals surface area (Å²) in [7, 11) is 0. The van der Waals surface area contributed by atoms with E-state index < -0.39 is 0 Å². The standard InChI is InChI=1S/C13H8FNOS/c14-8-5-6-10-12(7-8)17-13(15-10)9-3-1-2-4-11(9)16/h1-7,16H. The molecule has 3 rings (SSSR count). The van der Waals surface area contributed by atoms with Gasteiger partial charge in [0.25, 0.3) is 0 Å². The van der Waals surface area contributed by atoms with E-state index in [1.54, 1.807) is 24.3 Å². The van der Waals surface area contributed by atoms with Crippen LogP contribution in [0.1, 0.15) is 0 Å². The van der Waals surface area contributed by atoms with Gasteiger partial charge in [0.15, 0.2) is 0 Å². The third kappa shape index (κ3) is 1.76. The van der Waals surface area contributed by atoms with E-state index in [4.69, 9.17) is 0 Å². The average Bonchev–Trinajstić information content (AvgIpc) is 2.72. The Kier molecular flexibility index (Phi) is 2.30. The number of phenols is 1. The van der Waals surface area contributed by atoms with Crippen LogP contribution < -0.4 is 0 Å². The van der Waals surface area contributed by atoms with Crippen LogP contribution in [0.4, 0.5) is 4.39 Å². The second kappa shape index (κ2) is 3.82. The summed E-state index contributed by atoms with van der Waals surface area (Å²) >= 11 is 1.37. The first kappa shape index (κ1) is 10.2. The van der Waals surface area contributed by atoms with Crippen molar-refractivity contribution in [3.8, 4) is 16.3 Å². The molecule has 3 aromatic rings. The lowest BCUT2D eigenvalue weighted by Crippen LogP contribution is -1.76. The zero-order valence-electron chi connectivity index (χ0n) is 8.72. The molecule has 0 amide bonds. The van der Waals surface area contributed by atoms with E-state index in [0.717, 1.165) is 10.2 Å². The molecule has 1 heterocycles. The van der Waals surface area contributed by atoms with Crippen molar-refractivity contribution in [1.29, 1.82) is 0 Å². The van der Waals surface area contributed by atoms with Gasteiger partial charge in [-0.15, -0.1) is 11.3 Å². The Morgan fingerprint density at radius 1 is 1.12 bits per heavy atom. The SMILES string of the molecule is Oc1ccccc1-c1nc2ccc(F)cc2s1. The first-order valence-electron chi connectivity index (χ1n) is 5.08. The van der Waals surface area contributed by atoms with Crippen LogP contribution in [0.3, 0.4) is 0 Å². The lowest BCUT2D eigenvalue weighted by molar-refractivity contribution is 0.477. The molecule has 0 saturated heterocycles. The number of benzene rings is 2. The van der Waals surface area contributed by atoms with Crippen molar-refractivity contribution in [3.05, 3.63) is 48.3 Å². The van der Waals surface area contributed by atoms with Gasteiger partial charge in [0, 0.05) is 0 Å². The van der Waals surface area contributed by atoms with Crippen LogP contribution in [0.5, 0.6) is 5.75 Å². The van der Waals surface area contributed by atoms with Gasteiger partial charge < -0.3 is 5.11 Å². The average molecular weight is 245 g/mol. The molecule has 0 bridgehead atoms. The Hall–Kier alpha value is -1.94. The number of nitrogens with zero attached hydrogens (tertiary/aromatic N) is 1. The molecule has 0 saturated carbocycles. The highest BCUT2D eigenvalue weighted by Crippen LogP contribution is 2.34. The Morgan fingerprint density at radius 2 is 1.94 bits per heavy atom. The summed E-state index contributed by atoms with van der Waals surface area (Å²) in [5.74, 6) is -0.0861. The van der Waals surface area contributed by atoms with Gasteiger partial charge in [0.1, 0.15) is 16.6 Å². The van der Waals surface area contributed by atoms with E-state index in [9.17, 15) is 9.50 Å². The third-order valence-electron chi connectivity index (χ3n) is 2.48. The van der Waals surface area contributed by atoms with E-state index in [0.29, 0.717) is 10.6 Å². The number of aromatic nitrogens is 1. The molecule has 4 heteroatoms. The molecule has 0 fully saturated rings. The number of phenolic OH excluding ortho intramolecular Hbond substituents is 1. The van der Waals surface area contributed by atoms with Gasteiger partial charge in [-0.25, -0.2) is 9.37 Å². The smallest absolute Gasteiger partial charge is 0.128 e. The van der Waals surface area contributed by atoms with E-state index >= 15 is 0 Å². The molecule has 0 aliphatic heterocycles. The molecular weight excluding hydrogens is 237 g/mol. The van der Waals surface area contributed by atoms with Crippen LogP contribution in [0.25, 0.3) is 20.8 Å². The largest absolute Gasteiger partial charge is 0.507 e. The molecule has 2 aromatic carbocycles. The molecule has 84 valence electrons. The fourth-order valence-corrected chi connectivity index (χ4v) is 2.69.